The van der Waals surface area contributed by atoms with Crippen LogP contribution in [0.3, 0.4) is 0 Å². The van der Waals surface area contributed by atoms with Crippen molar-refractivity contribution in [3.8, 4) is 0 Å². The summed E-state index contributed by atoms with van der Waals surface area (Å²) < 4.78 is 10.0. The van der Waals surface area contributed by atoms with Gasteiger partial charge >= 0.3 is 11.9 Å². The fraction of sp³-hybridized carbons (Fsp3) is 0.769. The highest BCUT2D eigenvalue weighted by Gasteiger charge is 2.27. The summed E-state index contributed by atoms with van der Waals surface area (Å²) >= 11 is 0. The van der Waals surface area contributed by atoms with E-state index in [0.717, 1.165) is 12.8 Å². The lowest BCUT2D eigenvalue weighted by Gasteiger charge is -2.23. The maximum atomic E-state index is 11.9. The van der Waals surface area contributed by atoms with Crippen LogP contribution in [0.2, 0.25) is 0 Å². The lowest BCUT2D eigenvalue weighted by Crippen LogP contribution is -2.47. The van der Waals surface area contributed by atoms with E-state index in [1.54, 1.807) is 6.92 Å². The number of carbonyl (C=O) groups is 3. The number of amides is 1. The molecule has 0 aromatic heterocycles. The van der Waals surface area contributed by atoms with E-state index in [-0.39, 0.29) is 19.4 Å². The van der Waals surface area contributed by atoms with Crippen molar-refractivity contribution in [3.05, 3.63) is 0 Å². The van der Waals surface area contributed by atoms with Gasteiger partial charge in [-0.1, -0.05) is 0 Å². The highest BCUT2D eigenvalue weighted by molar-refractivity contribution is 5.86. The van der Waals surface area contributed by atoms with Crippen LogP contribution in [0.1, 0.15) is 39.0 Å². The molecule has 1 unspecified atom stereocenters. The minimum absolute atomic E-state index is 0.00657. The van der Waals surface area contributed by atoms with Crippen molar-refractivity contribution in [1.29, 1.82) is 0 Å². The van der Waals surface area contributed by atoms with Crippen molar-refractivity contribution in [3.63, 3.8) is 0 Å². The molecule has 1 heterocycles. The molecular formula is C13H21NO6. The summed E-state index contributed by atoms with van der Waals surface area (Å²) in [6.45, 7) is 2.44. The molecule has 7 heteroatoms. The van der Waals surface area contributed by atoms with E-state index in [1.807, 2.05) is 0 Å². The minimum atomic E-state index is -1.17. The molecule has 2 N–H and O–H groups in total. The Bertz CT molecular complexity index is 351. The zero-order valence-corrected chi connectivity index (χ0v) is 11.6. The first-order valence-corrected chi connectivity index (χ1v) is 6.85. The third-order valence-electron chi connectivity index (χ3n) is 3.03. The smallest absolute Gasteiger partial charge is 0.326 e. The standard InChI is InChI=1S/C13H21NO6/c1-2-19-11(15)7-6-9(13(17)18)14-12(16)10-5-3-4-8-20-10/h9-10H,2-8H2,1H3,(H,14,16)(H,17,18)/t9-,10?/m0/s1. The zero-order valence-electron chi connectivity index (χ0n) is 11.6. The maximum Gasteiger partial charge on any atom is 0.326 e. The summed E-state index contributed by atoms with van der Waals surface area (Å²) in [5.74, 6) is -2.07. The molecule has 114 valence electrons. The Kier molecular flexibility index (Phi) is 7.00. The summed E-state index contributed by atoms with van der Waals surface area (Å²) in [5.41, 5.74) is 0. The first kappa shape index (κ1) is 16.4. The van der Waals surface area contributed by atoms with Gasteiger partial charge in [-0.2, -0.15) is 0 Å². The summed E-state index contributed by atoms with van der Waals surface area (Å²) in [4.78, 5) is 34.2. The molecule has 1 amide bonds. The predicted octanol–water partition coefficient (Wildman–Crippen LogP) is 0.468. The highest BCUT2D eigenvalue weighted by Crippen LogP contribution is 2.13. The van der Waals surface area contributed by atoms with Gasteiger partial charge in [0.25, 0.3) is 0 Å². The Morgan fingerprint density at radius 1 is 1.40 bits per heavy atom. The third-order valence-corrected chi connectivity index (χ3v) is 3.03. The number of nitrogens with one attached hydrogen (secondary N) is 1. The molecule has 7 nitrogen and oxygen atoms in total. The molecule has 1 aliphatic heterocycles. The quantitative estimate of drug-likeness (QED) is 0.660. The molecule has 2 atom stereocenters. The number of aliphatic carboxylic acids is 1. The second kappa shape index (κ2) is 8.52. The van der Waals surface area contributed by atoms with E-state index in [9.17, 15) is 14.4 Å². The van der Waals surface area contributed by atoms with E-state index < -0.39 is 30.0 Å². The minimum Gasteiger partial charge on any atom is -0.480 e. The van der Waals surface area contributed by atoms with E-state index in [1.165, 1.54) is 0 Å². The SMILES string of the molecule is CCOC(=O)CC[C@H](NC(=O)C1CCCCO1)C(=O)O. The molecule has 0 aliphatic carbocycles. The van der Waals surface area contributed by atoms with Crippen LogP contribution in [-0.4, -0.2) is 48.3 Å². The molecule has 0 aromatic carbocycles. The van der Waals surface area contributed by atoms with Gasteiger partial charge in [0.05, 0.1) is 6.61 Å². The van der Waals surface area contributed by atoms with Crippen molar-refractivity contribution >= 4 is 17.8 Å². The number of hydrogen-bond donors (Lipinski definition) is 2. The molecule has 0 saturated carbocycles. The van der Waals surface area contributed by atoms with Crippen molar-refractivity contribution < 1.29 is 29.0 Å². The second-order valence-corrected chi connectivity index (χ2v) is 4.60. The van der Waals surface area contributed by atoms with Crippen LogP contribution in [-0.2, 0) is 23.9 Å². The van der Waals surface area contributed by atoms with Crippen LogP contribution in [0.15, 0.2) is 0 Å². The Morgan fingerprint density at radius 2 is 2.15 bits per heavy atom. The van der Waals surface area contributed by atoms with Crippen LogP contribution in [0.4, 0.5) is 0 Å². The molecule has 1 rings (SSSR count). The molecular weight excluding hydrogens is 266 g/mol. The van der Waals surface area contributed by atoms with Crippen molar-refractivity contribution in [1.82, 2.24) is 5.32 Å². The average Bonchev–Trinajstić information content (AvgIpc) is 2.44. The summed E-state index contributed by atoms with van der Waals surface area (Å²) in [6.07, 6.45) is 1.76. The fourth-order valence-corrected chi connectivity index (χ4v) is 1.96. The van der Waals surface area contributed by atoms with Gasteiger partial charge in [0, 0.05) is 13.0 Å². The lowest BCUT2D eigenvalue weighted by atomic mass is 10.1. The maximum absolute atomic E-state index is 11.9. The monoisotopic (exact) mass is 287 g/mol. The second-order valence-electron chi connectivity index (χ2n) is 4.60. The molecule has 20 heavy (non-hydrogen) atoms. The largest absolute Gasteiger partial charge is 0.480 e. The molecule has 0 bridgehead atoms. The molecule has 1 aliphatic rings. The number of hydrogen-bond acceptors (Lipinski definition) is 5. The van der Waals surface area contributed by atoms with Crippen molar-refractivity contribution in [2.24, 2.45) is 0 Å². The highest BCUT2D eigenvalue weighted by atomic mass is 16.5. The van der Waals surface area contributed by atoms with E-state index >= 15 is 0 Å². The van der Waals surface area contributed by atoms with Gasteiger partial charge in [0.15, 0.2) is 0 Å². The predicted molar refractivity (Wildman–Crippen MR) is 69.0 cm³/mol. The number of ether oxygens (including phenoxy) is 2. The molecule has 0 radical (unpaired) electrons. The van der Waals surface area contributed by atoms with Gasteiger partial charge in [0.1, 0.15) is 12.1 Å². The van der Waals surface area contributed by atoms with Gasteiger partial charge in [-0.25, -0.2) is 4.79 Å². The van der Waals surface area contributed by atoms with Crippen LogP contribution in [0.5, 0.6) is 0 Å². The van der Waals surface area contributed by atoms with Gasteiger partial charge in [-0.3, -0.25) is 9.59 Å². The first-order chi connectivity index (χ1) is 9.54. The number of rotatable bonds is 7. The fourth-order valence-electron chi connectivity index (χ4n) is 1.96. The number of esters is 1. The Labute approximate surface area is 117 Å². The molecule has 1 fully saturated rings. The third kappa shape index (κ3) is 5.56. The number of carbonyl (C=O) groups excluding carboxylic acids is 2. The van der Waals surface area contributed by atoms with Crippen molar-refractivity contribution in [2.45, 2.75) is 51.2 Å². The van der Waals surface area contributed by atoms with Gasteiger partial charge in [-0.05, 0) is 32.6 Å². The summed E-state index contributed by atoms with van der Waals surface area (Å²) in [5, 5.41) is 11.5. The van der Waals surface area contributed by atoms with Crippen LogP contribution in [0, 0.1) is 0 Å². The Hall–Kier alpha value is -1.63. The van der Waals surface area contributed by atoms with Gasteiger partial charge < -0.3 is 19.9 Å². The molecule has 1 saturated heterocycles. The topological polar surface area (TPSA) is 102 Å². The van der Waals surface area contributed by atoms with Gasteiger partial charge in [-0.15, -0.1) is 0 Å². The summed E-state index contributed by atoms with van der Waals surface area (Å²) in [7, 11) is 0. The molecule has 0 aromatic rings. The Morgan fingerprint density at radius 3 is 2.70 bits per heavy atom. The van der Waals surface area contributed by atoms with Gasteiger partial charge in [0.2, 0.25) is 5.91 Å². The number of carboxylic acids is 1. The normalized spacial score (nSPS) is 19.9. The average molecular weight is 287 g/mol. The van der Waals surface area contributed by atoms with Crippen LogP contribution < -0.4 is 5.32 Å². The lowest BCUT2D eigenvalue weighted by molar-refractivity contribution is -0.147. The van der Waals surface area contributed by atoms with Crippen LogP contribution in [0.25, 0.3) is 0 Å². The Balaban J connectivity index is 2.43. The number of carboxylic acid groups (broad SMARTS) is 1. The van der Waals surface area contributed by atoms with Crippen molar-refractivity contribution in [2.75, 3.05) is 13.2 Å². The van der Waals surface area contributed by atoms with Crippen LogP contribution >= 0.6 is 0 Å². The van der Waals surface area contributed by atoms with E-state index in [4.69, 9.17) is 14.6 Å². The molecule has 0 spiro atoms. The zero-order chi connectivity index (χ0) is 15.0. The first-order valence-electron chi connectivity index (χ1n) is 6.85. The summed E-state index contributed by atoms with van der Waals surface area (Å²) in [6, 6.07) is -1.10. The van der Waals surface area contributed by atoms with E-state index in [2.05, 4.69) is 5.32 Å². The van der Waals surface area contributed by atoms with E-state index in [0.29, 0.717) is 13.0 Å².